The molecule has 0 atom stereocenters. The molecule has 1 fully saturated rings. The molecule has 132 valence electrons. The quantitative estimate of drug-likeness (QED) is 0.848. The molecule has 2 rings (SSSR count). The minimum atomic E-state index is -0.470. The number of anilines is 1. The molecule has 1 aliphatic rings. The van der Waals surface area contributed by atoms with Gasteiger partial charge in [0.05, 0.1) is 0 Å². The lowest BCUT2D eigenvalue weighted by Crippen LogP contribution is -2.42. The minimum Gasteiger partial charge on any atom is -0.444 e. The van der Waals surface area contributed by atoms with Gasteiger partial charge in [0.2, 0.25) is 5.91 Å². The van der Waals surface area contributed by atoms with E-state index in [1.54, 1.807) is 9.80 Å². The van der Waals surface area contributed by atoms with E-state index in [1.807, 2.05) is 58.2 Å². The number of carbonyl (C=O) groups excluding carboxylic acids is 2. The molecule has 5 heteroatoms. The number of benzene rings is 1. The Morgan fingerprint density at radius 3 is 2.29 bits per heavy atom. The Hall–Kier alpha value is -2.04. The van der Waals surface area contributed by atoms with Crippen molar-refractivity contribution in [3.8, 4) is 0 Å². The summed E-state index contributed by atoms with van der Waals surface area (Å²) in [6.45, 7) is 6.92. The van der Waals surface area contributed by atoms with Crippen LogP contribution in [0, 0.1) is 5.92 Å². The van der Waals surface area contributed by atoms with E-state index in [9.17, 15) is 9.59 Å². The van der Waals surface area contributed by atoms with Crippen molar-refractivity contribution in [1.82, 2.24) is 4.90 Å². The minimum absolute atomic E-state index is 0.122. The van der Waals surface area contributed by atoms with Gasteiger partial charge in [-0.3, -0.25) is 4.79 Å². The summed E-state index contributed by atoms with van der Waals surface area (Å²) < 4.78 is 5.40. The lowest BCUT2D eigenvalue weighted by Gasteiger charge is -2.33. The van der Waals surface area contributed by atoms with Crippen molar-refractivity contribution in [3.63, 3.8) is 0 Å². The number of likely N-dealkylation sites (tertiary alicyclic amines) is 1. The largest absolute Gasteiger partial charge is 0.444 e. The lowest BCUT2D eigenvalue weighted by molar-refractivity contribution is -0.119. The number of nitrogens with zero attached hydrogens (tertiary/aromatic N) is 2. The van der Waals surface area contributed by atoms with Gasteiger partial charge in [0.1, 0.15) is 5.60 Å². The highest BCUT2D eigenvalue weighted by Crippen LogP contribution is 2.24. The van der Waals surface area contributed by atoms with Crippen LogP contribution in [0.5, 0.6) is 0 Å². The Bertz CT molecular complexity index is 558. The fraction of sp³-hybridized carbons (Fsp3) is 0.579. The number of hydrogen-bond acceptors (Lipinski definition) is 3. The number of amides is 2. The van der Waals surface area contributed by atoms with Crippen LogP contribution in [0.1, 0.15) is 40.0 Å². The maximum atomic E-state index is 12.4. The molecular formula is C19H28N2O3. The van der Waals surface area contributed by atoms with Crippen LogP contribution in [-0.2, 0) is 9.53 Å². The van der Waals surface area contributed by atoms with Crippen molar-refractivity contribution in [3.05, 3.63) is 30.3 Å². The van der Waals surface area contributed by atoms with E-state index in [0.29, 0.717) is 25.4 Å². The topological polar surface area (TPSA) is 49.9 Å². The molecule has 0 saturated carbocycles. The molecule has 5 nitrogen and oxygen atoms in total. The second-order valence-electron chi connectivity index (χ2n) is 7.40. The predicted molar refractivity (Wildman–Crippen MR) is 95.0 cm³/mol. The van der Waals surface area contributed by atoms with Crippen LogP contribution in [0.2, 0.25) is 0 Å². The molecule has 2 amide bonds. The molecule has 0 spiro atoms. The number of hydrogen-bond donors (Lipinski definition) is 0. The molecule has 0 radical (unpaired) electrons. The molecule has 1 heterocycles. The molecule has 0 unspecified atom stereocenters. The number of rotatable bonds is 3. The molecule has 0 aliphatic carbocycles. The summed E-state index contributed by atoms with van der Waals surface area (Å²) in [5.74, 6) is 0.444. The van der Waals surface area contributed by atoms with E-state index in [0.717, 1.165) is 18.5 Å². The first-order valence-corrected chi connectivity index (χ1v) is 8.56. The number of piperidine rings is 1. The highest BCUT2D eigenvalue weighted by molar-refractivity contribution is 5.92. The van der Waals surface area contributed by atoms with Gasteiger partial charge in [0.25, 0.3) is 0 Å². The van der Waals surface area contributed by atoms with Crippen molar-refractivity contribution in [2.24, 2.45) is 5.92 Å². The summed E-state index contributed by atoms with van der Waals surface area (Å²) in [6, 6.07) is 9.66. The highest BCUT2D eigenvalue weighted by atomic mass is 16.6. The first kappa shape index (κ1) is 18.3. The molecule has 24 heavy (non-hydrogen) atoms. The fourth-order valence-corrected chi connectivity index (χ4v) is 2.83. The van der Waals surface area contributed by atoms with Crippen LogP contribution in [-0.4, -0.2) is 42.6 Å². The lowest BCUT2D eigenvalue weighted by atomic mass is 9.93. The van der Waals surface area contributed by atoms with Crippen LogP contribution in [0.25, 0.3) is 0 Å². The molecule has 1 aliphatic heterocycles. The van der Waals surface area contributed by atoms with Gasteiger partial charge in [-0.25, -0.2) is 4.79 Å². The van der Waals surface area contributed by atoms with E-state index >= 15 is 0 Å². The fourth-order valence-electron chi connectivity index (χ4n) is 2.83. The zero-order valence-electron chi connectivity index (χ0n) is 15.1. The molecule has 1 saturated heterocycles. The third-order valence-corrected chi connectivity index (χ3v) is 4.25. The van der Waals surface area contributed by atoms with E-state index in [4.69, 9.17) is 4.74 Å². The Labute approximate surface area is 144 Å². The Morgan fingerprint density at radius 2 is 1.75 bits per heavy atom. The standard InChI is InChI=1S/C19H28N2O3/c1-19(2,3)24-18(23)21-12-10-15(11-13-21)14-17(22)20(4)16-8-6-5-7-9-16/h5-9,15H,10-14H2,1-4H3. The highest BCUT2D eigenvalue weighted by Gasteiger charge is 2.28. The van der Waals surface area contributed by atoms with Crippen LogP contribution in [0.4, 0.5) is 10.5 Å². The second-order valence-corrected chi connectivity index (χ2v) is 7.40. The van der Waals surface area contributed by atoms with E-state index < -0.39 is 5.60 Å². The van der Waals surface area contributed by atoms with Gasteiger partial charge < -0.3 is 14.5 Å². The van der Waals surface area contributed by atoms with Gasteiger partial charge >= 0.3 is 6.09 Å². The van der Waals surface area contributed by atoms with Gasteiger partial charge in [-0.1, -0.05) is 18.2 Å². The van der Waals surface area contributed by atoms with Crippen molar-refractivity contribution < 1.29 is 14.3 Å². The second kappa shape index (κ2) is 7.69. The van der Waals surface area contributed by atoms with Gasteiger partial charge in [0.15, 0.2) is 0 Å². The average molecular weight is 332 g/mol. The summed E-state index contributed by atoms with van der Waals surface area (Å²) >= 11 is 0. The SMILES string of the molecule is CN(C(=O)CC1CCN(C(=O)OC(C)(C)C)CC1)c1ccccc1. The summed E-state index contributed by atoms with van der Waals surface area (Å²) in [7, 11) is 1.81. The summed E-state index contributed by atoms with van der Waals surface area (Å²) in [4.78, 5) is 28.0. The third-order valence-electron chi connectivity index (χ3n) is 4.25. The molecular weight excluding hydrogens is 304 g/mol. The van der Waals surface area contributed by atoms with Crippen LogP contribution in [0.15, 0.2) is 30.3 Å². The summed E-state index contributed by atoms with van der Waals surface area (Å²) in [5, 5.41) is 0. The third kappa shape index (κ3) is 5.25. The zero-order chi connectivity index (χ0) is 17.7. The van der Waals surface area contributed by atoms with Gasteiger partial charge in [-0.2, -0.15) is 0 Å². The maximum absolute atomic E-state index is 12.4. The molecule has 0 N–H and O–H groups in total. The van der Waals surface area contributed by atoms with Gasteiger partial charge in [-0.15, -0.1) is 0 Å². The maximum Gasteiger partial charge on any atom is 0.410 e. The normalized spacial score (nSPS) is 15.9. The summed E-state index contributed by atoms with van der Waals surface area (Å²) in [5.41, 5.74) is 0.441. The first-order chi connectivity index (χ1) is 11.3. The molecule has 1 aromatic rings. The number of ether oxygens (including phenoxy) is 1. The molecule has 0 bridgehead atoms. The van der Waals surface area contributed by atoms with Gasteiger partial charge in [0, 0.05) is 32.2 Å². The smallest absolute Gasteiger partial charge is 0.410 e. The predicted octanol–water partition coefficient (Wildman–Crippen LogP) is 3.69. The van der Waals surface area contributed by atoms with E-state index in [2.05, 4.69) is 0 Å². The molecule has 1 aromatic carbocycles. The Kier molecular flexibility index (Phi) is 5.86. The Morgan fingerprint density at radius 1 is 1.17 bits per heavy atom. The van der Waals surface area contributed by atoms with Crippen LogP contribution < -0.4 is 4.90 Å². The first-order valence-electron chi connectivity index (χ1n) is 8.56. The number of carbonyl (C=O) groups is 2. The number of para-hydroxylation sites is 1. The summed E-state index contributed by atoms with van der Waals surface area (Å²) in [6.07, 6.45) is 1.95. The van der Waals surface area contributed by atoms with E-state index in [-0.39, 0.29) is 12.0 Å². The van der Waals surface area contributed by atoms with Crippen LogP contribution >= 0.6 is 0 Å². The Balaban J connectivity index is 1.80. The van der Waals surface area contributed by atoms with Crippen molar-refractivity contribution in [1.29, 1.82) is 0 Å². The molecule has 0 aromatic heterocycles. The van der Waals surface area contributed by atoms with Gasteiger partial charge in [-0.05, 0) is 51.7 Å². The van der Waals surface area contributed by atoms with E-state index in [1.165, 1.54) is 0 Å². The van der Waals surface area contributed by atoms with Crippen molar-refractivity contribution in [2.75, 3.05) is 25.0 Å². The van der Waals surface area contributed by atoms with Crippen molar-refractivity contribution in [2.45, 2.75) is 45.6 Å². The average Bonchev–Trinajstić information content (AvgIpc) is 2.54. The van der Waals surface area contributed by atoms with Crippen LogP contribution in [0.3, 0.4) is 0 Å². The monoisotopic (exact) mass is 332 g/mol. The zero-order valence-corrected chi connectivity index (χ0v) is 15.1. The van der Waals surface area contributed by atoms with Crippen molar-refractivity contribution >= 4 is 17.7 Å².